The largest absolute Gasteiger partial charge is 0.508 e. The lowest BCUT2D eigenvalue weighted by molar-refractivity contribution is 0.127. The van der Waals surface area contributed by atoms with E-state index < -0.39 is 0 Å². The smallest absolute Gasteiger partial charge is 0.204 e. The summed E-state index contributed by atoms with van der Waals surface area (Å²) >= 11 is 0. The Morgan fingerprint density at radius 1 is 1.25 bits per heavy atom. The second-order valence-electron chi connectivity index (χ2n) is 6.60. The van der Waals surface area contributed by atoms with E-state index in [9.17, 15) is 15.0 Å². The van der Waals surface area contributed by atoms with Crippen LogP contribution in [0.5, 0.6) is 17.2 Å². The Hall–Kier alpha value is -2.73. The van der Waals surface area contributed by atoms with Crippen molar-refractivity contribution in [1.29, 1.82) is 0 Å². The highest BCUT2D eigenvalue weighted by Gasteiger charge is 2.51. The minimum atomic E-state index is -0.330. The average Bonchev–Trinajstić information content (AvgIpc) is 3.11. The van der Waals surface area contributed by atoms with Gasteiger partial charge < -0.3 is 24.1 Å². The predicted molar refractivity (Wildman–Crippen MR) is 85.8 cm³/mol. The van der Waals surface area contributed by atoms with Crippen molar-refractivity contribution in [3.05, 3.63) is 40.1 Å². The van der Waals surface area contributed by atoms with E-state index >= 15 is 0 Å². The van der Waals surface area contributed by atoms with Crippen molar-refractivity contribution in [2.24, 2.45) is 0 Å². The predicted octanol–water partition coefficient (Wildman–Crippen LogP) is 2.45. The van der Waals surface area contributed by atoms with E-state index in [2.05, 4.69) is 0 Å². The zero-order valence-corrected chi connectivity index (χ0v) is 12.8. The number of phenolic OH excluding ortho intramolecular Hbond substituents is 2. The molecule has 0 amide bonds. The SMILES string of the molecule is C[C@]1([C@H]2Cc3c(ccc4c(=O)c5c(O)cc(O)cc5oc34)O2)CO1. The first-order chi connectivity index (χ1) is 11.5. The van der Waals surface area contributed by atoms with Crippen molar-refractivity contribution < 1.29 is 24.1 Å². The lowest BCUT2D eigenvalue weighted by Crippen LogP contribution is -2.30. The fourth-order valence-electron chi connectivity index (χ4n) is 3.37. The Balaban J connectivity index is 1.80. The number of hydrogen-bond donors (Lipinski definition) is 2. The molecule has 2 atom stereocenters. The molecular weight excluding hydrogens is 312 g/mol. The number of fused-ring (bicyclic) bond motifs is 4. The molecule has 6 heteroatoms. The Kier molecular flexibility index (Phi) is 2.40. The summed E-state index contributed by atoms with van der Waals surface area (Å²) in [5, 5.41) is 20.1. The quantitative estimate of drug-likeness (QED) is 0.527. The number of hydrogen-bond acceptors (Lipinski definition) is 6. The second-order valence-corrected chi connectivity index (χ2v) is 6.60. The molecule has 1 saturated heterocycles. The van der Waals surface area contributed by atoms with Gasteiger partial charge in [0.25, 0.3) is 0 Å². The van der Waals surface area contributed by atoms with E-state index in [1.807, 2.05) is 6.92 Å². The van der Waals surface area contributed by atoms with E-state index in [1.54, 1.807) is 12.1 Å². The highest BCUT2D eigenvalue weighted by atomic mass is 16.6. The van der Waals surface area contributed by atoms with Crippen molar-refractivity contribution in [2.45, 2.75) is 25.0 Å². The molecule has 0 spiro atoms. The minimum Gasteiger partial charge on any atom is -0.508 e. The van der Waals surface area contributed by atoms with Gasteiger partial charge in [-0.25, -0.2) is 0 Å². The molecule has 2 N–H and O–H groups in total. The molecule has 2 aliphatic rings. The van der Waals surface area contributed by atoms with Crippen molar-refractivity contribution in [1.82, 2.24) is 0 Å². The molecule has 1 fully saturated rings. The summed E-state index contributed by atoms with van der Waals surface area (Å²) in [6.45, 7) is 2.64. The van der Waals surface area contributed by atoms with Crippen LogP contribution in [0.15, 0.2) is 33.5 Å². The van der Waals surface area contributed by atoms with Crippen LogP contribution >= 0.6 is 0 Å². The highest BCUT2D eigenvalue weighted by Crippen LogP contribution is 2.43. The Bertz CT molecular complexity index is 1080. The van der Waals surface area contributed by atoms with Crippen molar-refractivity contribution in [2.75, 3.05) is 6.61 Å². The first kappa shape index (κ1) is 13.7. The van der Waals surface area contributed by atoms with Gasteiger partial charge in [0.05, 0.1) is 12.0 Å². The molecule has 0 aliphatic carbocycles. The van der Waals surface area contributed by atoms with Crippen LogP contribution in [0.2, 0.25) is 0 Å². The van der Waals surface area contributed by atoms with Crippen LogP contribution in [0.4, 0.5) is 0 Å². The molecule has 3 aromatic rings. The molecule has 0 radical (unpaired) electrons. The molecule has 2 aromatic carbocycles. The summed E-state index contributed by atoms with van der Waals surface area (Å²) in [6, 6.07) is 5.85. The number of phenols is 2. The molecule has 3 heterocycles. The first-order valence-electron chi connectivity index (χ1n) is 7.71. The van der Waals surface area contributed by atoms with Crippen molar-refractivity contribution >= 4 is 21.9 Å². The maximum atomic E-state index is 12.7. The van der Waals surface area contributed by atoms with Crippen LogP contribution < -0.4 is 10.2 Å². The van der Waals surface area contributed by atoms with Gasteiger partial charge in [-0.2, -0.15) is 0 Å². The topological polar surface area (TPSA) is 92.4 Å². The summed E-state index contributed by atoms with van der Waals surface area (Å²) < 4.78 is 17.3. The maximum absolute atomic E-state index is 12.7. The minimum absolute atomic E-state index is 0.0632. The highest BCUT2D eigenvalue weighted by molar-refractivity contribution is 5.95. The van der Waals surface area contributed by atoms with Gasteiger partial charge in [-0.05, 0) is 19.1 Å². The monoisotopic (exact) mass is 326 g/mol. The summed E-state index contributed by atoms with van der Waals surface area (Å²) in [6.07, 6.45) is 0.472. The molecule has 0 unspecified atom stereocenters. The summed E-state index contributed by atoms with van der Waals surface area (Å²) in [5.74, 6) is 0.216. The van der Waals surface area contributed by atoms with Crippen molar-refractivity contribution in [3.8, 4) is 17.2 Å². The van der Waals surface area contributed by atoms with Crippen LogP contribution in [-0.4, -0.2) is 28.5 Å². The van der Waals surface area contributed by atoms with E-state index in [1.165, 1.54) is 6.07 Å². The molecular formula is C18H14O6. The number of ether oxygens (including phenoxy) is 2. The molecule has 2 aliphatic heterocycles. The zero-order valence-electron chi connectivity index (χ0n) is 12.8. The number of aromatic hydroxyl groups is 2. The van der Waals surface area contributed by atoms with Crippen LogP contribution in [0.25, 0.3) is 21.9 Å². The summed E-state index contributed by atoms with van der Waals surface area (Å²) in [7, 11) is 0. The van der Waals surface area contributed by atoms with Gasteiger partial charge in [0, 0.05) is 24.1 Å². The van der Waals surface area contributed by atoms with Gasteiger partial charge >= 0.3 is 0 Å². The third-order valence-electron chi connectivity index (χ3n) is 4.91. The average molecular weight is 326 g/mol. The van der Waals surface area contributed by atoms with Gasteiger partial charge in [0.1, 0.15) is 45.5 Å². The van der Waals surface area contributed by atoms with E-state index in [-0.39, 0.29) is 39.6 Å². The fraction of sp³-hybridized carbons (Fsp3) is 0.278. The van der Waals surface area contributed by atoms with Gasteiger partial charge in [-0.1, -0.05) is 0 Å². The maximum Gasteiger partial charge on any atom is 0.204 e. The van der Waals surface area contributed by atoms with E-state index in [4.69, 9.17) is 13.9 Å². The van der Waals surface area contributed by atoms with Gasteiger partial charge in [-0.3, -0.25) is 4.79 Å². The van der Waals surface area contributed by atoms with E-state index in [0.29, 0.717) is 29.7 Å². The van der Waals surface area contributed by atoms with Gasteiger partial charge in [0.15, 0.2) is 0 Å². The van der Waals surface area contributed by atoms with Gasteiger partial charge in [-0.15, -0.1) is 0 Å². The molecule has 24 heavy (non-hydrogen) atoms. The van der Waals surface area contributed by atoms with Crippen LogP contribution in [0, 0.1) is 0 Å². The molecule has 5 rings (SSSR count). The van der Waals surface area contributed by atoms with Crippen LogP contribution in [0.3, 0.4) is 0 Å². The fourth-order valence-corrected chi connectivity index (χ4v) is 3.37. The molecule has 0 bridgehead atoms. The van der Waals surface area contributed by atoms with Crippen LogP contribution in [-0.2, 0) is 11.2 Å². The molecule has 1 aromatic heterocycles. The third-order valence-corrected chi connectivity index (χ3v) is 4.91. The lowest BCUT2D eigenvalue weighted by atomic mass is 9.99. The number of epoxide rings is 1. The normalized spacial score (nSPS) is 25.0. The standard InChI is InChI=1S/C18H14O6/c1-18(7-22-18)14-6-10-12(23-14)3-2-9-16(21)15-11(20)4-8(19)5-13(15)24-17(9)10/h2-5,14,19-20H,6-7H2,1H3/t14-,18-/m1/s1. The lowest BCUT2D eigenvalue weighted by Gasteiger charge is -2.13. The summed E-state index contributed by atoms with van der Waals surface area (Å²) in [5.41, 5.74) is 0.774. The Morgan fingerprint density at radius 3 is 2.79 bits per heavy atom. The van der Waals surface area contributed by atoms with Crippen molar-refractivity contribution in [3.63, 3.8) is 0 Å². The molecule has 122 valence electrons. The Morgan fingerprint density at radius 2 is 2.04 bits per heavy atom. The number of benzene rings is 2. The Labute approximate surface area is 135 Å². The van der Waals surface area contributed by atoms with Gasteiger partial charge in [0.2, 0.25) is 5.43 Å². The zero-order chi connectivity index (χ0) is 16.6. The van der Waals surface area contributed by atoms with E-state index in [0.717, 1.165) is 11.6 Å². The molecule has 6 nitrogen and oxygen atoms in total. The first-order valence-corrected chi connectivity index (χ1v) is 7.71. The second kappa shape index (κ2) is 4.21. The summed E-state index contributed by atoms with van der Waals surface area (Å²) in [4.78, 5) is 12.7. The third kappa shape index (κ3) is 1.71. The van der Waals surface area contributed by atoms with Crippen LogP contribution in [0.1, 0.15) is 12.5 Å². The number of rotatable bonds is 1. The molecule has 0 saturated carbocycles.